The van der Waals surface area contributed by atoms with E-state index >= 15 is 0 Å². The van der Waals surface area contributed by atoms with Gasteiger partial charge in [-0.3, -0.25) is 9.59 Å². The number of nitrogens with one attached hydrogen (secondary N) is 2. The lowest BCUT2D eigenvalue weighted by Crippen LogP contribution is -2.54. The number of carbonyl (C=O) groups excluding carboxylic acids is 2. The third-order valence-corrected chi connectivity index (χ3v) is 4.29. The minimum absolute atomic E-state index is 0.366. The van der Waals surface area contributed by atoms with Crippen LogP contribution < -0.4 is 10.6 Å². The van der Waals surface area contributed by atoms with Crippen LogP contribution in [0.5, 0.6) is 0 Å². The van der Waals surface area contributed by atoms with Crippen LogP contribution in [0, 0.1) is 5.92 Å². The Morgan fingerprint density at radius 2 is 1.77 bits per heavy atom. The maximum atomic E-state index is 12.1. The summed E-state index contributed by atoms with van der Waals surface area (Å²) in [6.07, 6.45) is 3.87. The van der Waals surface area contributed by atoms with Crippen LogP contribution in [0.2, 0.25) is 0 Å². The molecule has 2 amide bonds. The fourth-order valence-electron chi connectivity index (χ4n) is 1.95. The first-order valence-corrected chi connectivity index (χ1v) is 8.94. The fourth-order valence-corrected chi connectivity index (χ4v) is 1.95. The summed E-state index contributed by atoms with van der Waals surface area (Å²) in [4.78, 5) is 23.8. The van der Waals surface area contributed by atoms with Crippen LogP contribution in [-0.2, 0) is 9.59 Å². The molecule has 0 heterocycles. The van der Waals surface area contributed by atoms with Gasteiger partial charge in [0.15, 0.2) is 5.60 Å². The molecule has 0 spiro atoms. The van der Waals surface area contributed by atoms with E-state index in [2.05, 4.69) is 24.5 Å². The van der Waals surface area contributed by atoms with E-state index in [1.807, 2.05) is 13.0 Å². The summed E-state index contributed by atoms with van der Waals surface area (Å²) >= 11 is 0. The van der Waals surface area contributed by atoms with Crippen LogP contribution in [0.4, 0.5) is 0 Å². The summed E-state index contributed by atoms with van der Waals surface area (Å²) in [6, 6.07) is -0.464. The van der Waals surface area contributed by atoms with Gasteiger partial charge in [0.25, 0.3) is 5.91 Å². The van der Waals surface area contributed by atoms with Gasteiger partial charge in [-0.1, -0.05) is 44.1 Å². The maximum Gasteiger partial charge on any atom is 0.255 e. The Kier molecular flexibility index (Phi) is 10.4. The van der Waals surface area contributed by atoms with Crippen LogP contribution in [0.25, 0.3) is 0 Å². The van der Waals surface area contributed by atoms with Crippen molar-refractivity contribution in [2.75, 3.05) is 6.54 Å². The number of hydrogen-bond donors (Lipinski definition) is 5. The Morgan fingerprint density at radius 1 is 1.19 bits per heavy atom. The summed E-state index contributed by atoms with van der Waals surface area (Å²) in [5.74, 6) is -0.971. The van der Waals surface area contributed by atoms with E-state index < -0.39 is 35.7 Å². The van der Waals surface area contributed by atoms with Gasteiger partial charge >= 0.3 is 0 Å². The Bertz CT molecular complexity index is 526. The predicted molar refractivity (Wildman–Crippen MR) is 101 cm³/mol. The minimum Gasteiger partial charge on any atom is -0.391 e. The molecule has 0 aliphatic heterocycles. The molecule has 0 unspecified atom stereocenters. The molecular formula is C19H34N2O5. The summed E-state index contributed by atoms with van der Waals surface area (Å²) in [7, 11) is 0. The standard InChI is InChI=1S/C19H34N2O5/c1-7-12(2)10-13(3)8-9-16(23)19(6,26)18(25)20-11-17(24)21-14(4)15(5)22/h8-10,12,14-16,22-23,26H,7,11H2,1-6H3,(H,20,25)(H,21,24)/b9-8-,13-10+/t12-,14-,15+,16+,19-/m0/s1. The molecule has 26 heavy (non-hydrogen) atoms. The summed E-state index contributed by atoms with van der Waals surface area (Å²) in [5, 5.41) is 34.5. The van der Waals surface area contributed by atoms with Crippen LogP contribution in [0.15, 0.2) is 23.8 Å². The Morgan fingerprint density at radius 3 is 2.27 bits per heavy atom. The normalized spacial score (nSPS) is 19.3. The third-order valence-electron chi connectivity index (χ3n) is 4.29. The summed E-state index contributed by atoms with van der Waals surface area (Å²) in [5.41, 5.74) is -1.16. The van der Waals surface area contributed by atoms with Gasteiger partial charge in [-0.2, -0.15) is 0 Å². The summed E-state index contributed by atoms with van der Waals surface area (Å²) in [6.45, 7) is 9.99. The molecule has 0 saturated carbocycles. The highest BCUT2D eigenvalue weighted by atomic mass is 16.4. The number of hydrogen-bond acceptors (Lipinski definition) is 5. The van der Waals surface area contributed by atoms with E-state index in [0.29, 0.717) is 5.92 Å². The van der Waals surface area contributed by atoms with Crippen molar-refractivity contribution < 1.29 is 24.9 Å². The lowest BCUT2D eigenvalue weighted by atomic mass is 9.96. The highest BCUT2D eigenvalue weighted by Gasteiger charge is 2.37. The SMILES string of the molecule is CC[C@H](C)/C=C(C)/C=C\[C@@H](O)[C@](C)(O)C(=O)NCC(=O)N[C@@H](C)[C@@H](C)O. The zero-order valence-electron chi connectivity index (χ0n) is 16.6. The van der Waals surface area contributed by atoms with Crippen molar-refractivity contribution in [2.24, 2.45) is 5.92 Å². The van der Waals surface area contributed by atoms with Crippen molar-refractivity contribution in [3.05, 3.63) is 23.8 Å². The fraction of sp³-hybridized carbons (Fsp3) is 0.684. The first-order valence-electron chi connectivity index (χ1n) is 8.94. The molecule has 7 nitrogen and oxygen atoms in total. The van der Waals surface area contributed by atoms with Crippen molar-refractivity contribution in [1.29, 1.82) is 0 Å². The van der Waals surface area contributed by atoms with Gasteiger partial charge in [0, 0.05) is 0 Å². The zero-order valence-corrected chi connectivity index (χ0v) is 16.6. The second-order valence-corrected chi connectivity index (χ2v) is 7.03. The molecular weight excluding hydrogens is 336 g/mol. The highest BCUT2D eigenvalue weighted by molar-refractivity contribution is 5.89. The molecule has 0 aromatic carbocycles. The first kappa shape index (κ1) is 24.3. The number of amides is 2. The predicted octanol–water partition coefficient (Wildman–Crippen LogP) is 0.649. The van der Waals surface area contributed by atoms with Gasteiger partial charge in [-0.15, -0.1) is 0 Å². The summed E-state index contributed by atoms with van der Waals surface area (Å²) < 4.78 is 0. The Labute approximate surface area is 156 Å². The second-order valence-electron chi connectivity index (χ2n) is 7.03. The average Bonchev–Trinajstić information content (AvgIpc) is 2.56. The van der Waals surface area contributed by atoms with E-state index in [9.17, 15) is 24.9 Å². The number of aliphatic hydroxyl groups excluding tert-OH is 2. The lowest BCUT2D eigenvalue weighted by Gasteiger charge is -2.26. The number of rotatable bonds is 10. The van der Waals surface area contributed by atoms with Crippen molar-refractivity contribution in [3.8, 4) is 0 Å². The molecule has 0 fully saturated rings. The van der Waals surface area contributed by atoms with Crippen molar-refractivity contribution in [3.63, 3.8) is 0 Å². The molecule has 5 N–H and O–H groups in total. The van der Waals surface area contributed by atoms with Gasteiger partial charge in [0.05, 0.1) is 18.7 Å². The Hall–Kier alpha value is -1.70. The number of allylic oxidation sites excluding steroid dienone is 3. The lowest BCUT2D eigenvalue weighted by molar-refractivity contribution is -0.147. The van der Waals surface area contributed by atoms with E-state index in [4.69, 9.17) is 0 Å². The largest absolute Gasteiger partial charge is 0.391 e. The first-order chi connectivity index (χ1) is 11.9. The van der Waals surface area contributed by atoms with Crippen LogP contribution in [0.3, 0.4) is 0 Å². The highest BCUT2D eigenvalue weighted by Crippen LogP contribution is 2.14. The van der Waals surface area contributed by atoms with Crippen LogP contribution in [-0.4, -0.2) is 57.5 Å². The quantitative estimate of drug-likeness (QED) is 0.362. The van der Waals surface area contributed by atoms with Crippen molar-refractivity contribution >= 4 is 11.8 Å². The van der Waals surface area contributed by atoms with Gasteiger partial charge in [-0.05, 0) is 33.6 Å². The smallest absolute Gasteiger partial charge is 0.255 e. The second kappa shape index (κ2) is 11.1. The molecule has 5 atom stereocenters. The van der Waals surface area contributed by atoms with E-state index in [1.54, 1.807) is 13.0 Å². The molecule has 0 aromatic rings. The van der Waals surface area contributed by atoms with Crippen molar-refractivity contribution in [2.45, 2.75) is 71.8 Å². The van der Waals surface area contributed by atoms with Crippen LogP contribution >= 0.6 is 0 Å². The topological polar surface area (TPSA) is 119 Å². The van der Waals surface area contributed by atoms with Gasteiger partial charge in [0.2, 0.25) is 5.91 Å². The number of aliphatic hydroxyl groups is 3. The zero-order chi connectivity index (χ0) is 20.5. The Balaban J connectivity index is 4.70. The molecule has 0 saturated heterocycles. The van der Waals surface area contributed by atoms with E-state index in [0.717, 1.165) is 12.0 Å². The molecule has 0 aromatic heterocycles. The molecule has 7 heteroatoms. The molecule has 0 aliphatic rings. The number of carbonyl (C=O) groups is 2. The van der Waals surface area contributed by atoms with Gasteiger partial charge in [0.1, 0.15) is 6.10 Å². The molecule has 0 rings (SSSR count). The molecule has 0 radical (unpaired) electrons. The molecule has 0 aliphatic carbocycles. The minimum atomic E-state index is -2.08. The third kappa shape index (κ3) is 8.60. The molecule has 0 bridgehead atoms. The maximum absolute atomic E-state index is 12.1. The van der Waals surface area contributed by atoms with Gasteiger partial charge < -0.3 is 26.0 Å². The van der Waals surface area contributed by atoms with Gasteiger partial charge in [-0.25, -0.2) is 0 Å². The molecule has 150 valence electrons. The van der Waals surface area contributed by atoms with Crippen molar-refractivity contribution in [1.82, 2.24) is 10.6 Å². The van der Waals surface area contributed by atoms with E-state index in [-0.39, 0.29) is 6.54 Å². The monoisotopic (exact) mass is 370 g/mol. The van der Waals surface area contributed by atoms with Crippen LogP contribution in [0.1, 0.15) is 48.0 Å². The average molecular weight is 370 g/mol. The van der Waals surface area contributed by atoms with E-state index in [1.165, 1.54) is 19.9 Å².